The van der Waals surface area contributed by atoms with Crippen LogP contribution in [0.25, 0.3) is 0 Å². The van der Waals surface area contributed by atoms with E-state index < -0.39 is 10.3 Å². The van der Waals surface area contributed by atoms with Crippen LogP contribution < -0.4 is 10.1 Å². The summed E-state index contributed by atoms with van der Waals surface area (Å²) in [7, 11) is 0. The Kier molecular flexibility index (Phi) is 7.80. The third kappa shape index (κ3) is 5.74. The number of ether oxygens (including phenoxy) is 2. The van der Waals surface area contributed by atoms with Gasteiger partial charge < -0.3 is 14.8 Å². The number of nitro benzene ring substituents is 1. The number of rotatable bonds is 8. The van der Waals surface area contributed by atoms with Crippen molar-refractivity contribution in [3.05, 3.63) is 64.2 Å². The van der Waals surface area contributed by atoms with Crippen molar-refractivity contribution in [2.75, 3.05) is 44.8 Å². The van der Waals surface area contributed by atoms with Crippen molar-refractivity contribution in [2.45, 2.75) is 38.0 Å². The van der Waals surface area contributed by atoms with E-state index in [1.165, 1.54) is 25.0 Å². The lowest BCUT2D eigenvalue weighted by Gasteiger charge is -2.36. The Hall–Kier alpha value is -2.97. The van der Waals surface area contributed by atoms with Gasteiger partial charge in [-0.05, 0) is 68.0 Å². The van der Waals surface area contributed by atoms with Crippen molar-refractivity contribution in [2.24, 2.45) is 5.92 Å². The predicted octanol–water partition coefficient (Wildman–Crippen LogP) is 4.39. The Labute approximate surface area is 200 Å². The molecule has 0 spiro atoms. The summed E-state index contributed by atoms with van der Waals surface area (Å²) in [5, 5.41) is 14.1. The molecule has 0 bridgehead atoms. The Morgan fingerprint density at radius 1 is 1.18 bits per heavy atom. The van der Waals surface area contributed by atoms with Crippen LogP contribution in [0, 0.1) is 16.0 Å². The van der Waals surface area contributed by atoms with Crippen molar-refractivity contribution in [3.8, 4) is 5.75 Å². The fraction of sp³-hybridized carbons (Fsp3) is 0.500. The molecule has 1 unspecified atom stereocenters. The number of carbonyl (C=O) groups is 1. The highest BCUT2D eigenvalue weighted by Gasteiger charge is 2.42. The van der Waals surface area contributed by atoms with Crippen molar-refractivity contribution in [3.63, 3.8) is 0 Å². The van der Waals surface area contributed by atoms with Crippen LogP contribution in [0.15, 0.2) is 48.5 Å². The molecule has 8 nitrogen and oxygen atoms in total. The lowest BCUT2D eigenvalue weighted by atomic mass is 9.73. The number of hydrogen-bond acceptors (Lipinski definition) is 6. The van der Waals surface area contributed by atoms with Crippen molar-refractivity contribution < 1.29 is 19.2 Å². The van der Waals surface area contributed by atoms with Gasteiger partial charge in [-0.25, -0.2) is 0 Å². The number of likely N-dealkylation sites (tertiary alicyclic amines) is 1. The number of carbonyl (C=O) groups excluding carboxylic acids is 1. The number of nitrogens with one attached hydrogen (secondary N) is 1. The summed E-state index contributed by atoms with van der Waals surface area (Å²) >= 11 is 0. The van der Waals surface area contributed by atoms with E-state index in [4.69, 9.17) is 9.47 Å². The Morgan fingerprint density at radius 3 is 2.53 bits per heavy atom. The lowest BCUT2D eigenvalue weighted by molar-refractivity contribution is -0.384. The Morgan fingerprint density at radius 2 is 1.88 bits per heavy atom. The van der Waals surface area contributed by atoms with E-state index in [0.29, 0.717) is 38.3 Å². The van der Waals surface area contributed by atoms with E-state index in [1.807, 2.05) is 24.3 Å². The van der Waals surface area contributed by atoms with Crippen LogP contribution in [-0.4, -0.2) is 55.2 Å². The van der Waals surface area contributed by atoms with E-state index in [9.17, 15) is 14.9 Å². The van der Waals surface area contributed by atoms with Crippen LogP contribution in [0.3, 0.4) is 0 Å². The molecule has 0 aromatic heterocycles. The topological polar surface area (TPSA) is 93.9 Å². The third-order valence-corrected chi connectivity index (χ3v) is 6.94. The second-order valence-electron chi connectivity index (χ2n) is 9.37. The van der Waals surface area contributed by atoms with E-state index in [-0.39, 0.29) is 11.6 Å². The van der Waals surface area contributed by atoms with E-state index >= 15 is 0 Å². The largest absolute Gasteiger partial charge is 0.492 e. The molecule has 34 heavy (non-hydrogen) atoms. The van der Waals surface area contributed by atoms with Crippen LogP contribution in [0.4, 0.5) is 11.4 Å². The molecular formula is C26H33N3O5. The predicted molar refractivity (Wildman–Crippen MR) is 130 cm³/mol. The molecule has 2 aliphatic rings. The number of nitro groups is 1. The van der Waals surface area contributed by atoms with Gasteiger partial charge in [0.05, 0.1) is 10.3 Å². The molecule has 8 heteroatoms. The lowest BCUT2D eigenvalue weighted by Crippen LogP contribution is -2.44. The SMILES string of the molecule is CC1CCCN(CCOc2ccc(NC(=O)C3(c4ccc([N+](=O)[O-])cc4)CCOCC3)cc2)C1. The van der Waals surface area contributed by atoms with Crippen LogP contribution in [0.1, 0.15) is 38.2 Å². The maximum atomic E-state index is 13.4. The fourth-order valence-corrected chi connectivity index (χ4v) is 4.94. The second kappa shape index (κ2) is 11.0. The molecule has 1 amide bonds. The average Bonchev–Trinajstić information content (AvgIpc) is 2.85. The third-order valence-electron chi connectivity index (χ3n) is 6.94. The summed E-state index contributed by atoms with van der Waals surface area (Å²) in [6.07, 6.45) is 3.60. The normalized spacial score (nSPS) is 20.4. The summed E-state index contributed by atoms with van der Waals surface area (Å²) in [6, 6.07) is 13.7. The van der Waals surface area contributed by atoms with Gasteiger partial charge in [0.1, 0.15) is 12.4 Å². The first-order valence-corrected chi connectivity index (χ1v) is 12.1. The molecule has 2 aromatic rings. The average molecular weight is 468 g/mol. The van der Waals surface area contributed by atoms with Crippen molar-refractivity contribution in [1.82, 2.24) is 4.90 Å². The molecule has 0 saturated carbocycles. The van der Waals surface area contributed by atoms with Crippen LogP contribution >= 0.6 is 0 Å². The molecule has 1 atom stereocenters. The Balaban J connectivity index is 1.37. The smallest absolute Gasteiger partial charge is 0.269 e. The first-order chi connectivity index (χ1) is 16.5. The van der Waals surface area contributed by atoms with Gasteiger partial charge >= 0.3 is 0 Å². The van der Waals surface area contributed by atoms with Gasteiger partial charge in [0, 0.05) is 44.1 Å². The number of anilines is 1. The highest BCUT2D eigenvalue weighted by Crippen LogP contribution is 2.37. The summed E-state index contributed by atoms with van der Waals surface area (Å²) in [5.74, 6) is 1.40. The molecule has 2 saturated heterocycles. The zero-order valence-electron chi connectivity index (χ0n) is 19.7. The molecule has 2 heterocycles. The highest BCUT2D eigenvalue weighted by molar-refractivity contribution is 5.99. The van der Waals surface area contributed by atoms with Gasteiger partial charge in [-0.1, -0.05) is 19.1 Å². The van der Waals surface area contributed by atoms with Crippen molar-refractivity contribution in [1.29, 1.82) is 0 Å². The molecule has 0 aliphatic carbocycles. The minimum absolute atomic E-state index is 0.0109. The summed E-state index contributed by atoms with van der Waals surface area (Å²) in [5.41, 5.74) is 0.686. The molecule has 182 valence electrons. The molecule has 2 aliphatic heterocycles. The first-order valence-electron chi connectivity index (χ1n) is 12.1. The summed E-state index contributed by atoms with van der Waals surface area (Å²) in [4.78, 5) is 26.5. The van der Waals surface area contributed by atoms with Crippen LogP contribution in [0.2, 0.25) is 0 Å². The summed E-state index contributed by atoms with van der Waals surface area (Å²) < 4.78 is 11.4. The molecule has 0 radical (unpaired) electrons. The number of benzene rings is 2. The molecular weight excluding hydrogens is 434 g/mol. The maximum Gasteiger partial charge on any atom is 0.269 e. The quantitative estimate of drug-likeness (QED) is 0.457. The fourth-order valence-electron chi connectivity index (χ4n) is 4.94. The van der Waals surface area contributed by atoms with Gasteiger partial charge in [0.25, 0.3) is 5.69 Å². The van der Waals surface area contributed by atoms with Gasteiger partial charge in [0.15, 0.2) is 0 Å². The summed E-state index contributed by atoms with van der Waals surface area (Å²) in [6.45, 7) is 7.06. The van der Waals surface area contributed by atoms with Gasteiger partial charge in [-0.3, -0.25) is 19.8 Å². The van der Waals surface area contributed by atoms with E-state index in [0.717, 1.165) is 36.9 Å². The molecule has 1 N–H and O–H groups in total. The first kappa shape index (κ1) is 24.2. The Bertz CT molecular complexity index is 971. The minimum Gasteiger partial charge on any atom is -0.492 e. The van der Waals surface area contributed by atoms with Crippen molar-refractivity contribution >= 4 is 17.3 Å². The number of nitrogens with zero attached hydrogens (tertiary/aromatic N) is 2. The monoisotopic (exact) mass is 467 g/mol. The second-order valence-corrected chi connectivity index (χ2v) is 9.37. The van der Waals surface area contributed by atoms with Gasteiger partial charge in [-0.2, -0.15) is 0 Å². The zero-order valence-corrected chi connectivity index (χ0v) is 19.7. The highest BCUT2D eigenvalue weighted by atomic mass is 16.6. The number of piperidine rings is 1. The molecule has 2 aromatic carbocycles. The molecule has 2 fully saturated rings. The minimum atomic E-state index is -0.784. The van der Waals surface area contributed by atoms with E-state index in [2.05, 4.69) is 17.1 Å². The van der Waals surface area contributed by atoms with Gasteiger partial charge in [-0.15, -0.1) is 0 Å². The standard InChI is InChI=1S/C26H33N3O5/c1-20-3-2-14-28(19-20)15-18-34-24-10-6-22(7-11-24)27-25(30)26(12-16-33-17-13-26)21-4-8-23(9-5-21)29(31)32/h4-11,20H,2-3,12-19H2,1H3,(H,27,30). The van der Waals surface area contributed by atoms with Gasteiger partial charge in [0.2, 0.25) is 5.91 Å². The van der Waals surface area contributed by atoms with Crippen LogP contribution in [0.5, 0.6) is 5.75 Å². The van der Waals surface area contributed by atoms with E-state index in [1.54, 1.807) is 12.1 Å². The molecule has 4 rings (SSSR count). The maximum absolute atomic E-state index is 13.4. The van der Waals surface area contributed by atoms with Crippen LogP contribution in [-0.2, 0) is 14.9 Å². The number of amides is 1. The zero-order chi connectivity index (χ0) is 24.0. The number of non-ortho nitro benzene ring substituents is 1. The number of hydrogen-bond donors (Lipinski definition) is 1.